The number of amides is 1. The summed E-state index contributed by atoms with van der Waals surface area (Å²) in [5.74, 6) is -0.403. The monoisotopic (exact) mass is 283 g/mol. The minimum absolute atomic E-state index is 0.0509. The molecule has 0 unspecified atom stereocenters. The molecule has 84 valence electrons. The molecule has 1 amide bonds. The maximum atomic E-state index is 13.0. The van der Waals surface area contributed by atoms with Crippen molar-refractivity contribution in [2.45, 2.75) is 6.42 Å². The molecule has 0 bridgehead atoms. The second-order valence-corrected chi connectivity index (χ2v) is 4.49. The molecule has 2 nitrogen and oxygen atoms in total. The van der Waals surface area contributed by atoms with Gasteiger partial charge in [-0.25, -0.2) is 4.39 Å². The van der Waals surface area contributed by atoms with E-state index in [2.05, 4.69) is 22.0 Å². The van der Waals surface area contributed by atoms with Gasteiger partial charge in [-0.2, -0.15) is 0 Å². The molecule has 0 saturated carbocycles. The quantitative estimate of drug-likeness (QED) is 0.726. The van der Waals surface area contributed by atoms with Crippen molar-refractivity contribution in [3.63, 3.8) is 0 Å². The zero-order valence-corrected chi connectivity index (χ0v) is 10.2. The molecule has 16 heavy (non-hydrogen) atoms. The average molecular weight is 284 g/mol. The highest BCUT2D eigenvalue weighted by Gasteiger charge is 2.16. The van der Waals surface area contributed by atoms with Crippen molar-refractivity contribution < 1.29 is 9.18 Å². The highest BCUT2D eigenvalue weighted by atomic mass is 79.9. The van der Waals surface area contributed by atoms with Crippen molar-refractivity contribution in [1.82, 2.24) is 4.90 Å². The highest BCUT2D eigenvalue weighted by molar-refractivity contribution is 9.10. The summed E-state index contributed by atoms with van der Waals surface area (Å²) in [5.41, 5.74) is 0.517. The van der Waals surface area contributed by atoms with Gasteiger partial charge in [0.2, 0.25) is 0 Å². The number of nitrogens with zero attached hydrogens (tertiary/aromatic N) is 1. The van der Waals surface area contributed by atoms with E-state index in [0.717, 1.165) is 13.0 Å². The van der Waals surface area contributed by atoms with Crippen LogP contribution in [0.3, 0.4) is 0 Å². The van der Waals surface area contributed by atoms with Crippen LogP contribution in [0.2, 0.25) is 0 Å². The highest BCUT2D eigenvalue weighted by Crippen LogP contribution is 2.18. The number of hydrogen-bond donors (Lipinski definition) is 0. The molecule has 0 aliphatic carbocycles. The Labute approximate surface area is 102 Å². The summed E-state index contributed by atoms with van der Waals surface area (Å²) in [7, 11) is 0. The van der Waals surface area contributed by atoms with Gasteiger partial charge >= 0.3 is 0 Å². The standard InChI is InChI=1S/C12H11BrFNO/c13-10-8-9(4-5-11(10)14)12(16)15-6-2-1-3-7-15/h1-2,4-5,8H,3,6-7H2. The van der Waals surface area contributed by atoms with Gasteiger partial charge in [0.15, 0.2) is 0 Å². The summed E-state index contributed by atoms with van der Waals surface area (Å²) in [4.78, 5) is 13.8. The molecular formula is C12H11BrFNO. The number of rotatable bonds is 1. The molecule has 1 heterocycles. The van der Waals surface area contributed by atoms with Gasteiger partial charge in [0.05, 0.1) is 4.47 Å². The second kappa shape index (κ2) is 4.78. The van der Waals surface area contributed by atoms with E-state index in [1.54, 1.807) is 4.90 Å². The Morgan fingerprint density at radius 2 is 2.19 bits per heavy atom. The topological polar surface area (TPSA) is 20.3 Å². The number of carbonyl (C=O) groups is 1. The first kappa shape index (κ1) is 11.3. The van der Waals surface area contributed by atoms with Crippen LogP contribution in [0.5, 0.6) is 0 Å². The molecule has 1 aromatic rings. The zero-order valence-electron chi connectivity index (χ0n) is 8.62. The molecular weight excluding hydrogens is 273 g/mol. The van der Waals surface area contributed by atoms with Crippen molar-refractivity contribution >= 4 is 21.8 Å². The first-order valence-corrected chi connectivity index (χ1v) is 5.87. The number of hydrogen-bond acceptors (Lipinski definition) is 1. The molecule has 1 aromatic carbocycles. The molecule has 2 rings (SSSR count). The fourth-order valence-corrected chi connectivity index (χ4v) is 2.02. The third-order valence-corrected chi connectivity index (χ3v) is 3.12. The van der Waals surface area contributed by atoms with Crippen LogP contribution in [0, 0.1) is 5.82 Å². The second-order valence-electron chi connectivity index (χ2n) is 3.64. The van der Waals surface area contributed by atoms with Crippen LogP contribution in [0.25, 0.3) is 0 Å². The lowest BCUT2D eigenvalue weighted by atomic mass is 10.1. The predicted octanol–water partition coefficient (Wildman–Crippen LogP) is 2.99. The summed E-state index contributed by atoms with van der Waals surface area (Å²) in [5, 5.41) is 0. The van der Waals surface area contributed by atoms with Gasteiger partial charge in [-0.15, -0.1) is 0 Å². The van der Waals surface area contributed by atoms with Crippen molar-refractivity contribution in [2.75, 3.05) is 13.1 Å². The lowest BCUT2D eigenvalue weighted by Gasteiger charge is -2.23. The molecule has 1 aliphatic heterocycles. The van der Waals surface area contributed by atoms with Crippen LogP contribution in [-0.4, -0.2) is 23.9 Å². The lowest BCUT2D eigenvalue weighted by Crippen LogP contribution is -2.33. The average Bonchev–Trinajstić information content (AvgIpc) is 2.33. The van der Waals surface area contributed by atoms with Gasteiger partial charge in [0.1, 0.15) is 5.82 Å². The number of benzene rings is 1. The van der Waals surface area contributed by atoms with Gasteiger partial charge in [-0.1, -0.05) is 12.2 Å². The van der Waals surface area contributed by atoms with Crippen molar-refractivity contribution in [3.8, 4) is 0 Å². The Kier molecular flexibility index (Phi) is 3.39. The van der Waals surface area contributed by atoms with E-state index in [4.69, 9.17) is 0 Å². The summed E-state index contributed by atoms with van der Waals surface area (Å²) < 4.78 is 13.3. The van der Waals surface area contributed by atoms with Crippen LogP contribution in [0.1, 0.15) is 16.8 Å². The summed E-state index contributed by atoms with van der Waals surface area (Å²) >= 11 is 3.08. The minimum atomic E-state index is -0.352. The number of carbonyl (C=O) groups excluding carboxylic acids is 1. The van der Waals surface area contributed by atoms with E-state index >= 15 is 0 Å². The molecule has 4 heteroatoms. The van der Waals surface area contributed by atoms with E-state index in [1.165, 1.54) is 18.2 Å². The van der Waals surface area contributed by atoms with Crippen molar-refractivity contribution in [2.24, 2.45) is 0 Å². The minimum Gasteiger partial charge on any atom is -0.335 e. The van der Waals surface area contributed by atoms with Gasteiger partial charge in [-0.3, -0.25) is 4.79 Å². The normalized spacial score (nSPS) is 15.2. The molecule has 0 aromatic heterocycles. The van der Waals surface area contributed by atoms with Crippen LogP contribution in [0.4, 0.5) is 4.39 Å². The predicted molar refractivity (Wildman–Crippen MR) is 63.8 cm³/mol. The molecule has 0 N–H and O–H groups in total. The molecule has 0 radical (unpaired) electrons. The first-order valence-electron chi connectivity index (χ1n) is 5.08. The SMILES string of the molecule is O=C(c1ccc(F)c(Br)c1)N1CC=CCC1. The summed E-state index contributed by atoms with van der Waals surface area (Å²) in [6, 6.07) is 4.34. The third-order valence-electron chi connectivity index (χ3n) is 2.51. The van der Waals surface area contributed by atoms with Crippen molar-refractivity contribution in [1.29, 1.82) is 0 Å². The number of halogens is 2. The maximum absolute atomic E-state index is 13.0. The smallest absolute Gasteiger partial charge is 0.254 e. The van der Waals surface area contributed by atoms with E-state index in [-0.39, 0.29) is 11.7 Å². The summed E-state index contributed by atoms with van der Waals surface area (Å²) in [6.45, 7) is 1.36. The Morgan fingerprint density at radius 1 is 1.38 bits per heavy atom. The maximum Gasteiger partial charge on any atom is 0.254 e. The molecule has 0 spiro atoms. The largest absolute Gasteiger partial charge is 0.335 e. The Hall–Kier alpha value is -1.16. The van der Waals surface area contributed by atoms with E-state index < -0.39 is 0 Å². The van der Waals surface area contributed by atoms with Crippen LogP contribution in [0.15, 0.2) is 34.8 Å². The lowest BCUT2D eigenvalue weighted by molar-refractivity contribution is 0.0771. The van der Waals surface area contributed by atoms with Gasteiger partial charge in [0, 0.05) is 18.7 Å². The molecule has 0 saturated heterocycles. The van der Waals surface area contributed by atoms with Gasteiger partial charge in [0.25, 0.3) is 5.91 Å². The Balaban J connectivity index is 2.20. The Morgan fingerprint density at radius 3 is 2.81 bits per heavy atom. The molecule has 0 fully saturated rings. The van der Waals surface area contributed by atoms with Gasteiger partial charge in [-0.05, 0) is 40.5 Å². The van der Waals surface area contributed by atoms with Crippen LogP contribution in [-0.2, 0) is 0 Å². The summed E-state index contributed by atoms with van der Waals surface area (Å²) in [6.07, 6.45) is 4.92. The van der Waals surface area contributed by atoms with Gasteiger partial charge < -0.3 is 4.90 Å². The zero-order chi connectivity index (χ0) is 11.5. The van der Waals surface area contributed by atoms with E-state index in [1.807, 2.05) is 6.08 Å². The van der Waals surface area contributed by atoms with Crippen molar-refractivity contribution in [3.05, 3.63) is 46.2 Å². The van der Waals surface area contributed by atoms with Crippen LogP contribution < -0.4 is 0 Å². The molecule has 0 atom stereocenters. The Bertz CT molecular complexity index is 445. The first-order chi connectivity index (χ1) is 7.68. The van der Waals surface area contributed by atoms with Crippen LogP contribution >= 0.6 is 15.9 Å². The fourth-order valence-electron chi connectivity index (χ4n) is 1.64. The fraction of sp³-hybridized carbons (Fsp3) is 0.250. The molecule has 1 aliphatic rings. The third kappa shape index (κ3) is 2.32. The van der Waals surface area contributed by atoms with E-state index in [0.29, 0.717) is 16.6 Å². The van der Waals surface area contributed by atoms with E-state index in [9.17, 15) is 9.18 Å².